The largest absolute Gasteiger partial charge is 0.455 e. The van der Waals surface area contributed by atoms with Crippen LogP contribution in [0.25, 0.3) is 77.3 Å². The van der Waals surface area contributed by atoms with Gasteiger partial charge < -0.3 is 8.83 Å². The lowest BCUT2D eigenvalue weighted by atomic mass is 9.85. The van der Waals surface area contributed by atoms with Crippen LogP contribution in [0.5, 0.6) is 0 Å². The molecule has 0 bridgehead atoms. The second-order valence-electron chi connectivity index (χ2n) is 8.90. The normalized spacial score (nSPS) is 12.1. The van der Waals surface area contributed by atoms with Gasteiger partial charge in [-0.15, -0.1) is 0 Å². The van der Waals surface area contributed by atoms with Crippen molar-refractivity contribution >= 4 is 43.9 Å². The molecule has 2 nitrogen and oxygen atoms in total. The van der Waals surface area contributed by atoms with E-state index in [-0.39, 0.29) is 0 Å². The van der Waals surface area contributed by atoms with E-state index >= 15 is 0 Å². The van der Waals surface area contributed by atoms with Gasteiger partial charge in [-0.2, -0.15) is 0 Å². The van der Waals surface area contributed by atoms with Gasteiger partial charge in [0.2, 0.25) is 0 Å². The molecule has 6 aromatic rings. The Morgan fingerprint density at radius 2 is 0.853 bits per heavy atom. The summed E-state index contributed by atoms with van der Waals surface area (Å²) in [5.41, 5.74) is 10.3. The quantitative estimate of drug-likeness (QED) is 0.200. The highest BCUT2D eigenvalue weighted by molar-refractivity contribution is 6.27. The third kappa shape index (κ3) is 2.29. The predicted molar refractivity (Wildman–Crippen MR) is 140 cm³/mol. The Labute approximate surface area is 195 Å². The summed E-state index contributed by atoms with van der Waals surface area (Å²) in [6.45, 7) is 0. The summed E-state index contributed by atoms with van der Waals surface area (Å²) in [6, 6.07) is 38.1. The highest BCUT2D eigenvalue weighted by atomic mass is 16.3. The van der Waals surface area contributed by atoms with Gasteiger partial charge in [-0.3, -0.25) is 0 Å². The SMILES string of the molecule is c1ccc(-c2cc3cccc4oc5c(-c6ccccc6)cc6cccc7oc2c(c34)-c5c67)cc1. The molecule has 0 unspecified atom stereocenters. The molecule has 8 rings (SSSR count). The average Bonchev–Trinajstić information content (AvgIpc) is 2.90. The first-order valence-electron chi connectivity index (χ1n) is 11.5. The minimum absolute atomic E-state index is 0.875. The van der Waals surface area contributed by atoms with Crippen molar-refractivity contribution < 1.29 is 8.83 Å². The van der Waals surface area contributed by atoms with Crippen molar-refractivity contribution in [3.8, 4) is 33.4 Å². The van der Waals surface area contributed by atoms with E-state index in [2.05, 4.69) is 97.1 Å². The molecule has 0 N–H and O–H groups in total. The molecule has 0 spiro atoms. The Balaban J connectivity index is 1.67. The highest BCUT2D eigenvalue weighted by Crippen LogP contribution is 2.52. The predicted octanol–water partition coefficient (Wildman–Crippen LogP) is 9.36. The molecular weight excluding hydrogens is 416 g/mol. The monoisotopic (exact) mass is 434 g/mol. The number of benzene rings is 6. The van der Waals surface area contributed by atoms with Gasteiger partial charge in [-0.05, 0) is 46.2 Å². The summed E-state index contributed by atoms with van der Waals surface area (Å²) in [7, 11) is 0. The lowest BCUT2D eigenvalue weighted by molar-refractivity contribution is 0.648. The van der Waals surface area contributed by atoms with Crippen LogP contribution in [-0.2, 0) is 0 Å². The second-order valence-corrected chi connectivity index (χ2v) is 8.90. The minimum atomic E-state index is 0.875. The Morgan fingerprint density at radius 3 is 1.29 bits per heavy atom. The average molecular weight is 434 g/mol. The van der Waals surface area contributed by atoms with Gasteiger partial charge in [0, 0.05) is 33.0 Å². The van der Waals surface area contributed by atoms with Gasteiger partial charge in [0.25, 0.3) is 0 Å². The van der Waals surface area contributed by atoms with Crippen LogP contribution in [0, 0.1) is 0 Å². The van der Waals surface area contributed by atoms with E-state index in [1.165, 1.54) is 0 Å². The molecule has 0 saturated carbocycles. The van der Waals surface area contributed by atoms with Crippen LogP contribution in [0.4, 0.5) is 0 Å². The smallest absolute Gasteiger partial charge is 0.144 e. The van der Waals surface area contributed by atoms with Gasteiger partial charge in [0.05, 0.1) is 0 Å². The maximum absolute atomic E-state index is 6.72. The van der Waals surface area contributed by atoms with E-state index in [9.17, 15) is 0 Å². The molecule has 2 heteroatoms. The molecule has 0 aromatic heterocycles. The van der Waals surface area contributed by atoms with Crippen molar-refractivity contribution in [3.63, 3.8) is 0 Å². The van der Waals surface area contributed by atoms with Crippen molar-refractivity contribution in [1.82, 2.24) is 0 Å². The topological polar surface area (TPSA) is 26.3 Å². The first-order valence-corrected chi connectivity index (χ1v) is 11.5. The van der Waals surface area contributed by atoms with Crippen molar-refractivity contribution in [2.75, 3.05) is 0 Å². The van der Waals surface area contributed by atoms with Gasteiger partial charge in [0.1, 0.15) is 22.3 Å². The standard InChI is InChI=1S/C32H18O2/c1-3-9-19(10-4-1)23-17-21-13-7-16-26-27(21)29-30-28-22(14-8-15-25(28)33-31(23)29)18-24(32(30)34-26)20-11-5-2-6-12-20/h1-18H. The zero-order valence-electron chi connectivity index (χ0n) is 18.2. The zero-order chi connectivity index (χ0) is 22.2. The van der Waals surface area contributed by atoms with Crippen LogP contribution in [0.1, 0.15) is 0 Å². The Kier molecular flexibility index (Phi) is 3.42. The van der Waals surface area contributed by atoms with Crippen LogP contribution in [0.15, 0.2) is 118 Å². The van der Waals surface area contributed by atoms with Gasteiger partial charge in [0.15, 0.2) is 0 Å². The molecule has 34 heavy (non-hydrogen) atoms. The molecule has 158 valence electrons. The molecule has 0 saturated heterocycles. The van der Waals surface area contributed by atoms with E-state index in [0.717, 1.165) is 77.3 Å². The third-order valence-electron chi connectivity index (χ3n) is 7.00. The van der Waals surface area contributed by atoms with Crippen LogP contribution in [0.3, 0.4) is 0 Å². The van der Waals surface area contributed by atoms with Gasteiger partial charge >= 0.3 is 0 Å². The fourth-order valence-corrected chi connectivity index (χ4v) is 5.55. The molecule has 6 aromatic carbocycles. The number of rotatable bonds is 2. The lowest BCUT2D eigenvalue weighted by Crippen LogP contribution is -1.98. The molecular formula is C32H18O2. The second kappa shape index (κ2) is 6.49. The molecule has 0 amide bonds. The molecule has 0 radical (unpaired) electrons. The molecule has 0 fully saturated rings. The van der Waals surface area contributed by atoms with E-state index in [4.69, 9.17) is 8.83 Å². The molecule has 2 aliphatic heterocycles. The van der Waals surface area contributed by atoms with Crippen LogP contribution >= 0.6 is 0 Å². The summed E-state index contributed by atoms with van der Waals surface area (Å²) in [4.78, 5) is 0. The summed E-state index contributed by atoms with van der Waals surface area (Å²) >= 11 is 0. The Morgan fingerprint density at radius 1 is 0.412 bits per heavy atom. The Hall–Kier alpha value is -4.56. The van der Waals surface area contributed by atoms with E-state index in [1.54, 1.807) is 0 Å². The first-order chi connectivity index (χ1) is 16.9. The maximum atomic E-state index is 6.72. The van der Waals surface area contributed by atoms with Crippen molar-refractivity contribution in [1.29, 1.82) is 0 Å². The molecule has 0 atom stereocenters. The molecule has 0 aliphatic carbocycles. The van der Waals surface area contributed by atoms with Crippen LogP contribution in [-0.4, -0.2) is 0 Å². The Bertz CT molecular complexity index is 1790. The van der Waals surface area contributed by atoms with Crippen LogP contribution < -0.4 is 0 Å². The minimum Gasteiger partial charge on any atom is -0.455 e. The van der Waals surface area contributed by atoms with Crippen molar-refractivity contribution in [2.24, 2.45) is 0 Å². The third-order valence-corrected chi connectivity index (χ3v) is 7.00. The zero-order valence-corrected chi connectivity index (χ0v) is 18.2. The van der Waals surface area contributed by atoms with Crippen molar-refractivity contribution in [3.05, 3.63) is 109 Å². The van der Waals surface area contributed by atoms with Gasteiger partial charge in [-0.1, -0.05) is 84.9 Å². The number of hydrogen-bond donors (Lipinski definition) is 0. The van der Waals surface area contributed by atoms with E-state index in [0.29, 0.717) is 0 Å². The van der Waals surface area contributed by atoms with E-state index < -0.39 is 0 Å². The summed E-state index contributed by atoms with van der Waals surface area (Å²) in [5.74, 6) is 0. The number of hydrogen-bond acceptors (Lipinski definition) is 2. The summed E-state index contributed by atoms with van der Waals surface area (Å²) in [5, 5.41) is 4.54. The summed E-state index contributed by atoms with van der Waals surface area (Å²) < 4.78 is 13.4. The molecule has 2 aliphatic rings. The lowest BCUT2D eigenvalue weighted by Gasteiger charge is -2.23. The highest BCUT2D eigenvalue weighted by Gasteiger charge is 2.28. The maximum Gasteiger partial charge on any atom is 0.144 e. The fourth-order valence-electron chi connectivity index (χ4n) is 5.55. The van der Waals surface area contributed by atoms with Crippen molar-refractivity contribution in [2.45, 2.75) is 0 Å². The van der Waals surface area contributed by atoms with Crippen LogP contribution in [0.2, 0.25) is 0 Å². The van der Waals surface area contributed by atoms with Gasteiger partial charge in [-0.25, -0.2) is 0 Å². The first kappa shape index (κ1) is 17.9. The summed E-state index contributed by atoms with van der Waals surface area (Å²) in [6.07, 6.45) is 0. The van der Waals surface area contributed by atoms with E-state index in [1.807, 2.05) is 12.1 Å². The molecule has 2 heterocycles. The fraction of sp³-hybridized carbons (Fsp3) is 0.